The van der Waals surface area contributed by atoms with Crippen molar-refractivity contribution in [1.82, 2.24) is 10.2 Å². The largest absolute Gasteiger partial charge is 0.350 e. The first-order valence-electron chi connectivity index (χ1n) is 6.74. The molecule has 1 fully saturated rings. The predicted octanol–water partition coefficient (Wildman–Crippen LogP) is 2.16. The number of hydrogen-bond donors (Lipinski definition) is 1. The van der Waals surface area contributed by atoms with E-state index in [0.29, 0.717) is 22.3 Å². The van der Waals surface area contributed by atoms with E-state index in [-0.39, 0.29) is 11.7 Å². The number of carbonyl (C=O) groups excluding carboxylic acids is 2. The second-order valence-corrected chi connectivity index (χ2v) is 5.94. The Kier molecular flexibility index (Phi) is 4.71. The van der Waals surface area contributed by atoms with Crippen molar-refractivity contribution in [3.05, 3.63) is 21.9 Å². The number of hydrogen-bond acceptors (Lipinski definition) is 4. The van der Waals surface area contributed by atoms with Gasteiger partial charge in [-0.05, 0) is 45.0 Å². The number of nitrogens with one attached hydrogen (secondary N) is 1. The van der Waals surface area contributed by atoms with E-state index in [0.717, 1.165) is 19.5 Å². The van der Waals surface area contributed by atoms with E-state index >= 15 is 0 Å². The van der Waals surface area contributed by atoms with E-state index < -0.39 is 0 Å². The van der Waals surface area contributed by atoms with Crippen LogP contribution in [0, 0.1) is 0 Å². The predicted molar refractivity (Wildman–Crippen MR) is 76.9 cm³/mol. The highest BCUT2D eigenvalue weighted by atomic mass is 32.1. The quantitative estimate of drug-likeness (QED) is 0.841. The van der Waals surface area contributed by atoms with Gasteiger partial charge in [-0.2, -0.15) is 0 Å². The highest BCUT2D eigenvalue weighted by molar-refractivity contribution is 7.15. The fraction of sp³-hybridized carbons (Fsp3) is 0.571. The first-order chi connectivity index (χ1) is 9.11. The van der Waals surface area contributed by atoms with Gasteiger partial charge < -0.3 is 5.32 Å². The molecule has 0 aromatic carbocycles. The Morgan fingerprint density at radius 1 is 1.42 bits per heavy atom. The molecule has 1 aliphatic rings. The Morgan fingerprint density at radius 3 is 2.79 bits per heavy atom. The Hall–Kier alpha value is -1.20. The van der Waals surface area contributed by atoms with Gasteiger partial charge in [0.15, 0.2) is 5.78 Å². The summed E-state index contributed by atoms with van der Waals surface area (Å²) in [6, 6.07) is 3.90. The van der Waals surface area contributed by atoms with E-state index in [4.69, 9.17) is 0 Å². The lowest BCUT2D eigenvalue weighted by Gasteiger charge is -2.22. The fourth-order valence-electron chi connectivity index (χ4n) is 2.49. The van der Waals surface area contributed by atoms with Gasteiger partial charge in [0, 0.05) is 12.6 Å². The molecular weight excluding hydrogens is 260 g/mol. The number of ketones is 1. The highest BCUT2D eigenvalue weighted by Gasteiger charge is 2.23. The van der Waals surface area contributed by atoms with Gasteiger partial charge in [0.25, 0.3) is 5.91 Å². The first kappa shape index (κ1) is 14.2. The number of amides is 1. The van der Waals surface area contributed by atoms with Gasteiger partial charge in [-0.15, -0.1) is 11.3 Å². The van der Waals surface area contributed by atoms with E-state index in [2.05, 4.69) is 17.1 Å². The molecule has 1 aromatic heterocycles. The molecule has 104 valence electrons. The lowest BCUT2D eigenvalue weighted by molar-refractivity contribution is 0.0945. The normalized spacial score (nSPS) is 19.6. The van der Waals surface area contributed by atoms with E-state index in [1.54, 1.807) is 12.1 Å². The number of likely N-dealkylation sites (tertiary alicyclic amines) is 1. The minimum atomic E-state index is -0.0690. The fourth-order valence-corrected chi connectivity index (χ4v) is 3.31. The molecule has 2 rings (SSSR count). The summed E-state index contributed by atoms with van der Waals surface area (Å²) in [5.74, 6) is -0.0579. The molecule has 0 unspecified atom stereocenters. The summed E-state index contributed by atoms with van der Waals surface area (Å²) in [6.07, 6.45) is 2.36. The van der Waals surface area contributed by atoms with Gasteiger partial charge in [0.1, 0.15) is 0 Å². The van der Waals surface area contributed by atoms with E-state index in [1.807, 2.05) is 0 Å². The number of rotatable bonds is 5. The maximum atomic E-state index is 12.0. The molecule has 0 saturated carbocycles. The smallest absolute Gasteiger partial charge is 0.261 e. The lowest BCUT2D eigenvalue weighted by Crippen LogP contribution is -2.39. The zero-order valence-corrected chi connectivity index (χ0v) is 12.3. The van der Waals surface area contributed by atoms with Crippen LogP contribution in [-0.4, -0.2) is 42.3 Å². The Bertz CT molecular complexity index is 470. The Morgan fingerprint density at radius 2 is 2.16 bits per heavy atom. The number of likely N-dealkylation sites (N-methyl/N-ethyl adjacent to an activating group) is 1. The summed E-state index contributed by atoms with van der Waals surface area (Å²) >= 11 is 1.26. The molecule has 19 heavy (non-hydrogen) atoms. The molecule has 0 bridgehead atoms. The monoisotopic (exact) mass is 280 g/mol. The molecular formula is C14H20N2O2S. The van der Waals surface area contributed by atoms with Crippen molar-refractivity contribution < 1.29 is 9.59 Å². The molecule has 5 heteroatoms. The zero-order chi connectivity index (χ0) is 13.8. The summed E-state index contributed by atoms with van der Waals surface area (Å²) in [4.78, 5) is 26.9. The van der Waals surface area contributed by atoms with Crippen LogP contribution < -0.4 is 5.32 Å². The minimum absolute atomic E-state index is 0.0111. The molecule has 1 atom stereocenters. The number of nitrogens with zero attached hydrogens (tertiary/aromatic N) is 1. The van der Waals surface area contributed by atoms with Gasteiger partial charge in [-0.1, -0.05) is 6.92 Å². The topological polar surface area (TPSA) is 49.4 Å². The van der Waals surface area contributed by atoms with Crippen LogP contribution in [-0.2, 0) is 0 Å². The first-order valence-corrected chi connectivity index (χ1v) is 7.56. The van der Waals surface area contributed by atoms with Crippen LogP contribution >= 0.6 is 11.3 Å². The molecule has 1 aromatic rings. The Balaban J connectivity index is 1.88. The molecule has 1 N–H and O–H groups in total. The molecule has 0 spiro atoms. The third kappa shape index (κ3) is 3.42. The van der Waals surface area contributed by atoms with Crippen molar-refractivity contribution in [2.45, 2.75) is 32.7 Å². The van der Waals surface area contributed by atoms with Crippen molar-refractivity contribution in [2.24, 2.45) is 0 Å². The van der Waals surface area contributed by atoms with E-state index in [1.165, 1.54) is 24.7 Å². The molecule has 1 saturated heterocycles. The second kappa shape index (κ2) is 6.30. The van der Waals surface area contributed by atoms with Gasteiger partial charge in [0.05, 0.1) is 9.75 Å². The van der Waals surface area contributed by atoms with Crippen LogP contribution in [0.5, 0.6) is 0 Å². The van der Waals surface area contributed by atoms with Gasteiger partial charge >= 0.3 is 0 Å². The lowest BCUT2D eigenvalue weighted by atomic mass is 10.2. The zero-order valence-electron chi connectivity index (χ0n) is 11.4. The SMILES string of the molecule is CCN1CCC[C@H]1CNC(=O)c1ccc(C(C)=O)s1. The number of thiophene rings is 1. The summed E-state index contributed by atoms with van der Waals surface area (Å²) in [5, 5.41) is 2.98. The molecule has 4 nitrogen and oxygen atoms in total. The van der Waals surface area contributed by atoms with Crippen LogP contribution in [0.3, 0.4) is 0 Å². The standard InChI is InChI=1S/C14H20N2O2S/c1-3-16-8-4-5-11(16)9-15-14(18)13-7-6-12(19-13)10(2)17/h6-7,11H,3-5,8-9H2,1-2H3,(H,15,18)/t11-/m0/s1. The van der Waals surface area contributed by atoms with Gasteiger partial charge in [-0.3, -0.25) is 14.5 Å². The molecule has 1 amide bonds. The van der Waals surface area contributed by atoms with E-state index in [9.17, 15) is 9.59 Å². The van der Waals surface area contributed by atoms with Crippen molar-refractivity contribution in [2.75, 3.05) is 19.6 Å². The van der Waals surface area contributed by atoms with Gasteiger partial charge in [0.2, 0.25) is 0 Å². The maximum Gasteiger partial charge on any atom is 0.261 e. The van der Waals surface area contributed by atoms with Crippen molar-refractivity contribution in [3.8, 4) is 0 Å². The number of carbonyl (C=O) groups is 2. The second-order valence-electron chi connectivity index (χ2n) is 4.85. The van der Waals surface area contributed by atoms with Crippen molar-refractivity contribution in [3.63, 3.8) is 0 Å². The average Bonchev–Trinajstić information content (AvgIpc) is 3.04. The van der Waals surface area contributed by atoms with Crippen LogP contribution in [0.15, 0.2) is 12.1 Å². The average molecular weight is 280 g/mol. The molecule has 2 heterocycles. The maximum absolute atomic E-state index is 12.0. The van der Waals surface area contributed by atoms with Crippen LogP contribution in [0.4, 0.5) is 0 Å². The third-order valence-corrected chi connectivity index (χ3v) is 4.77. The molecule has 0 radical (unpaired) electrons. The molecule has 1 aliphatic heterocycles. The number of Topliss-reactive ketones (excluding diaryl/α,β-unsaturated/α-hetero) is 1. The summed E-state index contributed by atoms with van der Waals surface area (Å²) in [6.45, 7) is 6.53. The summed E-state index contributed by atoms with van der Waals surface area (Å²) in [7, 11) is 0. The Labute approximate surface area is 117 Å². The van der Waals surface area contributed by atoms with Crippen LogP contribution in [0.25, 0.3) is 0 Å². The van der Waals surface area contributed by atoms with Crippen LogP contribution in [0.1, 0.15) is 46.0 Å². The van der Waals surface area contributed by atoms with Crippen molar-refractivity contribution in [1.29, 1.82) is 0 Å². The van der Waals surface area contributed by atoms with Crippen molar-refractivity contribution >= 4 is 23.0 Å². The summed E-state index contributed by atoms with van der Waals surface area (Å²) < 4.78 is 0. The molecule has 0 aliphatic carbocycles. The highest BCUT2D eigenvalue weighted by Crippen LogP contribution is 2.18. The van der Waals surface area contributed by atoms with Crippen LogP contribution in [0.2, 0.25) is 0 Å². The third-order valence-electron chi connectivity index (χ3n) is 3.58. The summed E-state index contributed by atoms with van der Waals surface area (Å²) in [5.41, 5.74) is 0. The minimum Gasteiger partial charge on any atom is -0.350 e. The van der Waals surface area contributed by atoms with Gasteiger partial charge in [-0.25, -0.2) is 0 Å².